The van der Waals surface area contributed by atoms with Gasteiger partial charge < -0.3 is 10.1 Å². The standard InChI is InChI=1S/C16H20FN3O/c1-5-14-12(8-10(2)19-20-14)16(18-3)13-9-11(17)6-7-15(13)21-4/h6-9,16,18H,5H2,1-4H3. The van der Waals surface area contributed by atoms with Gasteiger partial charge in [-0.25, -0.2) is 4.39 Å². The molecular formula is C16H20FN3O. The number of aryl methyl sites for hydroxylation is 2. The lowest BCUT2D eigenvalue weighted by molar-refractivity contribution is 0.403. The van der Waals surface area contributed by atoms with Crippen LogP contribution >= 0.6 is 0 Å². The molecule has 0 saturated carbocycles. The first-order valence-electron chi connectivity index (χ1n) is 6.94. The first-order valence-corrected chi connectivity index (χ1v) is 6.94. The number of aromatic nitrogens is 2. The van der Waals surface area contributed by atoms with Crippen LogP contribution in [0.15, 0.2) is 24.3 Å². The van der Waals surface area contributed by atoms with E-state index in [1.165, 1.54) is 12.1 Å². The SMILES string of the molecule is CCc1nnc(C)cc1C(NC)c1cc(F)ccc1OC. The van der Waals surface area contributed by atoms with E-state index in [-0.39, 0.29) is 11.9 Å². The highest BCUT2D eigenvalue weighted by Crippen LogP contribution is 2.32. The number of halogens is 1. The average molecular weight is 289 g/mol. The molecule has 1 heterocycles. The van der Waals surface area contributed by atoms with Crippen molar-refractivity contribution in [2.45, 2.75) is 26.3 Å². The molecule has 1 aromatic carbocycles. The molecule has 0 aliphatic rings. The van der Waals surface area contributed by atoms with Crippen LogP contribution in [0.25, 0.3) is 0 Å². The number of nitrogens with zero attached hydrogens (tertiary/aromatic N) is 2. The number of hydrogen-bond donors (Lipinski definition) is 1. The summed E-state index contributed by atoms with van der Waals surface area (Å²) in [4.78, 5) is 0. The zero-order chi connectivity index (χ0) is 15.4. The highest BCUT2D eigenvalue weighted by atomic mass is 19.1. The van der Waals surface area contributed by atoms with Gasteiger partial charge in [-0.15, -0.1) is 0 Å². The van der Waals surface area contributed by atoms with Crippen LogP contribution in [0.3, 0.4) is 0 Å². The third-order valence-corrected chi connectivity index (χ3v) is 3.46. The smallest absolute Gasteiger partial charge is 0.124 e. The molecule has 1 aromatic heterocycles. The molecule has 1 atom stereocenters. The monoisotopic (exact) mass is 289 g/mol. The van der Waals surface area contributed by atoms with Crippen LogP contribution < -0.4 is 10.1 Å². The summed E-state index contributed by atoms with van der Waals surface area (Å²) in [5, 5.41) is 11.6. The van der Waals surface area contributed by atoms with Crippen LogP contribution in [0.5, 0.6) is 5.75 Å². The minimum atomic E-state index is -0.289. The molecule has 1 unspecified atom stereocenters. The molecule has 0 bridgehead atoms. The molecule has 0 aliphatic carbocycles. The Morgan fingerprint density at radius 3 is 2.62 bits per heavy atom. The Labute approximate surface area is 124 Å². The molecule has 0 fully saturated rings. The van der Waals surface area contributed by atoms with E-state index in [1.54, 1.807) is 13.2 Å². The van der Waals surface area contributed by atoms with Gasteiger partial charge in [0.2, 0.25) is 0 Å². The average Bonchev–Trinajstić information content (AvgIpc) is 2.48. The van der Waals surface area contributed by atoms with E-state index in [2.05, 4.69) is 15.5 Å². The zero-order valence-corrected chi connectivity index (χ0v) is 12.8. The summed E-state index contributed by atoms with van der Waals surface area (Å²) in [5.41, 5.74) is 3.47. The fraction of sp³-hybridized carbons (Fsp3) is 0.375. The second kappa shape index (κ2) is 6.63. The summed E-state index contributed by atoms with van der Waals surface area (Å²) in [7, 11) is 3.42. The van der Waals surface area contributed by atoms with Gasteiger partial charge in [-0.3, -0.25) is 0 Å². The maximum absolute atomic E-state index is 13.6. The van der Waals surface area contributed by atoms with Gasteiger partial charge in [0.25, 0.3) is 0 Å². The van der Waals surface area contributed by atoms with Crippen LogP contribution in [0, 0.1) is 12.7 Å². The lowest BCUT2D eigenvalue weighted by Crippen LogP contribution is -2.21. The van der Waals surface area contributed by atoms with Crippen LogP contribution in [0.4, 0.5) is 4.39 Å². The lowest BCUT2D eigenvalue weighted by atomic mass is 9.95. The predicted molar refractivity (Wildman–Crippen MR) is 80.0 cm³/mol. The van der Waals surface area contributed by atoms with Gasteiger partial charge in [-0.1, -0.05) is 6.92 Å². The summed E-state index contributed by atoms with van der Waals surface area (Å²) in [5.74, 6) is 0.357. The molecule has 0 amide bonds. The van der Waals surface area contributed by atoms with Crippen LogP contribution in [0.2, 0.25) is 0 Å². The Hall–Kier alpha value is -2.01. The van der Waals surface area contributed by atoms with E-state index >= 15 is 0 Å². The van der Waals surface area contributed by atoms with Gasteiger partial charge in [0.05, 0.1) is 24.5 Å². The van der Waals surface area contributed by atoms with E-state index in [1.807, 2.05) is 27.0 Å². The molecule has 21 heavy (non-hydrogen) atoms. The van der Waals surface area contributed by atoms with Gasteiger partial charge in [0.15, 0.2) is 0 Å². The van der Waals surface area contributed by atoms with Gasteiger partial charge in [0.1, 0.15) is 11.6 Å². The van der Waals surface area contributed by atoms with Gasteiger partial charge in [0, 0.05) is 5.56 Å². The van der Waals surface area contributed by atoms with Crippen molar-refractivity contribution in [2.75, 3.05) is 14.2 Å². The predicted octanol–water partition coefficient (Wildman–Crippen LogP) is 2.80. The summed E-state index contributed by atoms with van der Waals surface area (Å²) in [6, 6.07) is 6.32. The first-order chi connectivity index (χ1) is 10.1. The van der Waals surface area contributed by atoms with Crippen molar-refractivity contribution in [3.63, 3.8) is 0 Å². The van der Waals surface area contributed by atoms with Crippen molar-refractivity contribution in [2.24, 2.45) is 0 Å². The topological polar surface area (TPSA) is 47.0 Å². The summed E-state index contributed by atoms with van der Waals surface area (Å²) < 4.78 is 19.0. The summed E-state index contributed by atoms with van der Waals surface area (Å²) in [6.07, 6.45) is 0.762. The highest BCUT2D eigenvalue weighted by molar-refractivity contribution is 5.43. The van der Waals surface area contributed by atoms with E-state index < -0.39 is 0 Å². The molecule has 5 heteroatoms. The van der Waals surface area contributed by atoms with Crippen molar-refractivity contribution in [1.82, 2.24) is 15.5 Å². The van der Waals surface area contributed by atoms with Crippen molar-refractivity contribution in [1.29, 1.82) is 0 Å². The molecular weight excluding hydrogens is 269 g/mol. The molecule has 0 saturated heterocycles. The number of benzene rings is 1. The Balaban J connectivity index is 2.59. The molecule has 2 aromatic rings. The fourth-order valence-corrected chi connectivity index (χ4v) is 2.47. The van der Waals surface area contributed by atoms with Gasteiger partial charge in [-0.2, -0.15) is 10.2 Å². The van der Waals surface area contributed by atoms with Gasteiger partial charge >= 0.3 is 0 Å². The number of nitrogens with one attached hydrogen (secondary N) is 1. The third-order valence-electron chi connectivity index (χ3n) is 3.46. The van der Waals surface area contributed by atoms with Crippen LogP contribution in [0.1, 0.15) is 35.5 Å². The Kier molecular flexibility index (Phi) is 4.85. The number of ether oxygens (including phenoxy) is 1. The lowest BCUT2D eigenvalue weighted by Gasteiger charge is -2.21. The Bertz CT molecular complexity index is 577. The summed E-state index contributed by atoms with van der Waals surface area (Å²) >= 11 is 0. The van der Waals surface area contributed by atoms with Crippen LogP contribution in [-0.4, -0.2) is 24.4 Å². The summed E-state index contributed by atoms with van der Waals surface area (Å²) in [6.45, 7) is 3.92. The number of methoxy groups -OCH3 is 1. The maximum atomic E-state index is 13.6. The van der Waals surface area contributed by atoms with Crippen molar-refractivity contribution in [3.8, 4) is 5.75 Å². The van der Waals surface area contributed by atoms with Crippen molar-refractivity contribution in [3.05, 3.63) is 52.6 Å². The van der Waals surface area contributed by atoms with E-state index in [0.29, 0.717) is 5.75 Å². The zero-order valence-electron chi connectivity index (χ0n) is 12.8. The number of rotatable bonds is 5. The molecule has 112 valence electrons. The minimum absolute atomic E-state index is 0.195. The quantitative estimate of drug-likeness (QED) is 0.919. The fourth-order valence-electron chi connectivity index (χ4n) is 2.47. The minimum Gasteiger partial charge on any atom is -0.496 e. The molecule has 2 rings (SSSR count). The van der Waals surface area contributed by atoms with E-state index in [4.69, 9.17) is 4.74 Å². The molecule has 0 spiro atoms. The second-order valence-corrected chi connectivity index (χ2v) is 4.85. The molecule has 4 nitrogen and oxygen atoms in total. The molecule has 1 N–H and O–H groups in total. The Morgan fingerprint density at radius 1 is 1.24 bits per heavy atom. The number of hydrogen-bond acceptors (Lipinski definition) is 4. The maximum Gasteiger partial charge on any atom is 0.124 e. The van der Waals surface area contributed by atoms with Crippen molar-refractivity contribution >= 4 is 0 Å². The van der Waals surface area contributed by atoms with E-state index in [0.717, 1.165) is 28.9 Å². The third kappa shape index (κ3) is 3.19. The first kappa shape index (κ1) is 15.4. The van der Waals surface area contributed by atoms with Crippen molar-refractivity contribution < 1.29 is 9.13 Å². The largest absolute Gasteiger partial charge is 0.496 e. The second-order valence-electron chi connectivity index (χ2n) is 4.85. The van der Waals surface area contributed by atoms with E-state index in [9.17, 15) is 4.39 Å². The van der Waals surface area contributed by atoms with Gasteiger partial charge in [-0.05, 0) is 50.2 Å². The molecule has 0 radical (unpaired) electrons. The highest BCUT2D eigenvalue weighted by Gasteiger charge is 2.21. The molecule has 0 aliphatic heterocycles. The Morgan fingerprint density at radius 2 is 2.00 bits per heavy atom. The van der Waals surface area contributed by atoms with Crippen LogP contribution in [-0.2, 0) is 6.42 Å². The normalized spacial score (nSPS) is 12.2.